The van der Waals surface area contributed by atoms with E-state index in [1.807, 2.05) is 27.7 Å². The topological polar surface area (TPSA) is 68.0 Å². The molecule has 0 aromatic carbocycles. The maximum absolute atomic E-state index is 11.9. The molecule has 0 bridgehead atoms. The molecule has 19 heavy (non-hydrogen) atoms. The van der Waals surface area contributed by atoms with Crippen LogP contribution in [0, 0.1) is 20.8 Å². The lowest BCUT2D eigenvalue weighted by molar-refractivity contribution is -0.121. The highest BCUT2D eigenvalue weighted by Crippen LogP contribution is 2.22. The Balaban J connectivity index is 1.97. The number of amides is 1. The van der Waals surface area contributed by atoms with Crippen molar-refractivity contribution in [3.63, 3.8) is 0 Å². The normalized spacial score (nSPS) is 12.4. The van der Waals surface area contributed by atoms with Gasteiger partial charge in [-0.3, -0.25) is 4.79 Å². The van der Waals surface area contributed by atoms with Gasteiger partial charge in [-0.25, -0.2) is 4.98 Å². The Morgan fingerprint density at radius 2 is 2.21 bits per heavy atom. The van der Waals surface area contributed by atoms with Crippen molar-refractivity contribution in [2.45, 2.75) is 40.2 Å². The lowest BCUT2D eigenvalue weighted by atomic mass is 10.2. The predicted octanol–water partition coefficient (Wildman–Crippen LogP) is 2.48. The molecule has 2 rings (SSSR count). The number of rotatable bonds is 4. The molecule has 1 N–H and O–H groups in total. The van der Waals surface area contributed by atoms with Gasteiger partial charge in [-0.2, -0.15) is 0 Å². The summed E-state index contributed by atoms with van der Waals surface area (Å²) < 4.78 is 5.03. The summed E-state index contributed by atoms with van der Waals surface area (Å²) in [7, 11) is 0. The first-order valence-electron chi connectivity index (χ1n) is 6.11. The van der Waals surface area contributed by atoms with Gasteiger partial charge in [-0.05, 0) is 27.7 Å². The van der Waals surface area contributed by atoms with Gasteiger partial charge in [0.25, 0.3) is 0 Å². The molecule has 1 unspecified atom stereocenters. The fourth-order valence-electron chi connectivity index (χ4n) is 1.97. The molecule has 0 saturated carbocycles. The van der Waals surface area contributed by atoms with Gasteiger partial charge in [-0.1, -0.05) is 5.16 Å². The zero-order chi connectivity index (χ0) is 14.0. The average molecular weight is 279 g/mol. The zero-order valence-electron chi connectivity index (χ0n) is 11.5. The zero-order valence-corrected chi connectivity index (χ0v) is 12.3. The summed E-state index contributed by atoms with van der Waals surface area (Å²) in [6.45, 7) is 7.75. The standard InChI is InChI=1S/C13H17N3O2S/c1-7-5-11(18-16-7)6-12(17)14-8(2)13-9(3)19-10(4)15-13/h5,8H,6H2,1-4H3,(H,14,17). The molecular formula is C13H17N3O2S. The van der Waals surface area contributed by atoms with Crippen LogP contribution in [0.1, 0.15) is 40.0 Å². The highest BCUT2D eigenvalue weighted by molar-refractivity contribution is 7.11. The van der Waals surface area contributed by atoms with Crippen molar-refractivity contribution in [2.24, 2.45) is 0 Å². The van der Waals surface area contributed by atoms with Crippen LogP contribution in [0.2, 0.25) is 0 Å². The summed E-state index contributed by atoms with van der Waals surface area (Å²) in [5.41, 5.74) is 1.71. The Morgan fingerprint density at radius 3 is 2.74 bits per heavy atom. The van der Waals surface area contributed by atoms with E-state index >= 15 is 0 Å². The molecule has 2 aromatic heterocycles. The lowest BCUT2D eigenvalue weighted by Crippen LogP contribution is -2.28. The number of hydrogen-bond acceptors (Lipinski definition) is 5. The third-order valence-electron chi connectivity index (χ3n) is 2.74. The molecule has 1 atom stereocenters. The van der Waals surface area contributed by atoms with Crippen molar-refractivity contribution >= 4 is 17.2 Å². The van der Waals surface area contributed by atoms with E-state index in [-0.39, 0.29) is 18.4 Å². The van der Waals surface area contributed by atoms with Crippen molar-refractivity contribution < 1.29 is 9.32 Å². The molecule has 0 fully saturated rings. The molecular weight excluding hydrogens is 262 g/mol. The van der Waals surface area contributed by atoms with Crippen LogP contribution >= 0.6 is 11.3 Å². The molecule has 0 radical (unpaired) electrons. The Hall–Kier alpha value is -1.69. The maximum atomic E-state index is 11.9. The fourth-order valence-corrected chi connectivity index (χ4v) is 2.88. The van der Waals surface area contributed by atoms with Gasteiger partial charge in [0.2, 0.25) is 5.91 Å². The Morgan fingerprint density at radius 1 is 1.47 bits per heavy atom. The molecule has 0 aliphatic carbocycles. The average Bonchev–Trinajstić information content (AvgIpc) is 2.84. The largest absolute Gasteiger partial charge is 0.361 e. The third kappa shape index (κ3) is 3.41. The van der Waals surface area contributed by atoms with Crippen LogP contribution in [0.4, 0.5) is 0 Å². The highest BCUT2D eigenvalue weighted by atomic mass is 32.1. The van der Waals surface area contributed by atoms with Gasteiger partial charge in [0.15, 0.2) is 0 Å². The van der Waals surface area contributed by atoms with Crippen molar-refractivity contribution in [3.8, 4) is 0 Å². The van der Waals surface area contributed by atoms with Gasteiger partial charge in [-0.15, -0.1) is 11.3 Å². The van der Waals surface area contributed by atoms with Crippen LogP contribution in [0.5, 0.6) is 0 Å². The predicted molar refractivity (Wildman–Crippen MR) is 73.1 cm³/mol. The molecule has 0 aliphatic rings. The van der Waals surface area contributed by atoms with Gasteiger partial charge >= 0.3 is 0 Å². The maximum Gasteiger partial charge on any atom is 0.228 e. The molecule has 2 heterocycles. The Labute approximate surface area is 116 Å². The second-order valence-electron chi connectivity index (χ2n) is 4.57. The van der Waals surface area contributed by atoms with E-state index in [0.29, 0.717) is 5.76 Å². The molecule has 0 saturated heterocycles. The lowest BCUT2D eigenvalue weighted by Gasteiger charge is -2.11. The summed E-state index contributed by atoms with van der Waals surface area (Å²) in [4.78, 5) is 17.5. The van der Waals surface area contributed by atoms with Gasteiger partial charge in [0.1, 0.15) is 5.76 Å². The van der Waals surface area contributed by atoms with E-state index in [9.17, 15) is 4.79 Å². The number of nitrogens with zero attached hydrogens (tertiary/aromatic N) is 2. The van der Waals surface area contributed by atoms with Crippen molar-refractivity contribution in [1.82, 2.24) is 15.5 Å². The molecule has 5 nitrogen and oxygen atoms in total. The van der Waals surface area contributed by atoms with E-state index in [1.54, 1.807) is 17.4 Å². The summed E-state index contributed by atoms with van der Waals surface area (Å²) in [5, 5.41) is 7.70. The minimum absolute atomic E-state index is 0.0892. The van der Waals surface area contributed by atoms with E-state index in [4.69, 9.17) is 4.52 Å². The molecule has 6 heteroatoms. The fraction of sp³-hybridized carbons (Fsp3) is 0.462. The summed E-state index contributed by atoms with van der Waals surface area (Å²) in [6.07, 6.45) is 0.202. The quantitative estimate of drug-likeness (QED) is 0.933. The number of carbonyl (C=O) groups excluding carboxylic acids is 1. The van der Waals surface area contributed by atoms with Gasteiger partial charge in [0, 0.05) is 10.9 Å². The minimum atomic E-state index is -0.0959. The Kier molecular flexibility index (Phi) is 3.99. The molecule has 0 spiro atoms. The summed E-state index contributed by atoms with van der Waals surface area (Å²) in [6, 6.07) is 1.67. The monoisotopic (exact) mass is 279 g/mol. The first-order valence-corrected chi connectivity index (χ1v) is 6.93. The second kappa shape index (κ2) is 5.52. The van der Waals surface area contributed by atoms with Crippen LogP contribution in [0.15, 0.2) is 10.6 Å². The second-order valence-corrected chi connectivity index (χ2v) is 5.98. The van der Waals surface area contributed by atoms with Gasteiger partial charge in [0.05, 0.1) is 28.9 Å². The van der Waals surface area contributed by atoms with Crippen LogP contribution in [0.25, 0.3) is 0 Å². The first-order chi connectivity index (χ1) is 8.95. The van der Waals surface area contributed by atoms with E-state index in [0.717, 1.165) is 21.3 Å². The van der Waals surface area contributed by atoms with Crippen LogP contribution in [-0.2, 0) is 11.2 Å². The van der Waals surface area contributed by atoms with Crippen molar-refractivity contribution in [2.75, 3.05) is 0 Å². The SMILES string of the molecule is Cc1cc(CC(=O)NC(C)c2nc(C)sc2C)on1. The molecule has 2 aromatic rings. The number of aryl methyl sites for hydroxylation is 3. The van der Waals surface area contributed by atoms with Crippen molar-refractivity contribution in [3.05, 3.63) is 33.1 Å². The minimum Gasteiger partial charge on any atom is -0.361 e. The van der Waals surface area contributed by atoms with E-state index < -0.39 is 0 Å². The first kappa shape index (κ1) is 13.7. The van der Waals surface area contributed by atoms with Crippen LogP contribution in [-0.4, -0.2) is 16.0 Å². The number of hydrogen-bond donors (Lipinski definition) is 1. The Bertz CT molecular complexity index is 588. The summed E-state index contributed by atoms with van der Waals surface area (Å²) in [5.74, 6) is 0.488. The smallest absolute Gasteiger partial charge is 0.228 e. The summed E-state index contributed by atoms with van der Waals surface area (Å²) >= 11 is 1.64. The number of thiazole rings is 1. The van der Waals surface area contributed by atoms with Crippen LogP contribution in [0.3, 0.4) is 0 Å². The number of nitrogens with one attached hydrogen (secondary N) is 1. The van der Waals surface area contributed by atoms with E-state index in [1.165, 1.54) is 0 Å². The van der Waals surface area contributed by atoms with Gasteiger partial charge < -0.3 is 9.84 Å². The number of aromatic nitrogens is 2. The molecule has 0 aliphatic heterocycles. The highest BCUT2D eigenvalue weighted by Gasteiger charge is 2.16. The van der Waals surface area contributed by atoms with E-state index in [2.05, 4.69) is 15.5 Å². The van der Waals surface area contributed by atoms with Crippen molar-refractivity contribution in [1.29, 1.82) is 0 Å². The molecule has 102 valence electrons. The molecule has 1 amide bonds. The third-order valence-corrected chi connectivity index (χ3v) is 3.64. The van der Waals surface area contributed by atoms with Crippen LogP contribution < -0.4 is 5.32 Å². The number of carbonyl (C=O) groups is 1.